The minimum atomic E-state index is -0.0829. The van der Waals surface area contributed by atoms with Gasteiger partial charge in [-0.1, -0.05) is 52.3 Å². The average Bonchev–Trinajstić information content (AvgIpc) is 2.39. The van der Waals surface area contributed by atoms with Gasteiger partial charge in [0.2, 0.25) is 0 Å². The van der Waals surface area contributed by atoms with Crippen molar-refractivity contribution in [2.24, 2.45) is 0 Å². The van der Waals surface area contributed by atoms with Gasteiger partial charge >= 0.3 is 0 Å². The summed E-state index contributed by atoms with van der Waals surface area (Å²) in [4.78, 5) is 0. The number of nitrogens with one attached hydrogen (secondary N) is 1. The van der Waals surface area contributed by atoms with Crippen LogP contribution in [-0.4, -0.2) is 0 Å². The van der Waals surface area contributed by atoms with Gasteiger partial charge in [0.1, 0.15) is 0 Å². The van der Waals surface area contributed by atoms with Crippen molar-refractivity contribution in [2.45, 2.75) is 12.8 Å². The third-order valence-corrected chi connectivity index (χ3v) is 3.62. The lowest BCUT2D eigenvalue weighted by molar-refractivity contribution is 0.0503. The van der Waals surface area contributed by atoms with Gasteiger partial charge in [-0.3, -0.25) is 0 Å². The number of fused-ring (bicyclic) bond motifs is 1. The minimum absolute atomic E-state index is 0.0829. The molecule has 2 nitrogen and oxygen atoms in total. The Bertz CT molecular complexity index is 541. The average molecular weight is 290 g/mol. The van der Waals surface area contributed by atoms with Crippen LogP contribution >= 0.6 is 15.9 Å². The van der Waals surface area contributed by atoms with Crippen molar-refractivity contribution in [3.05, 3.63) is 64.1 Å². The molecule has 1 unspecified atom stereocenters. The second kappa shape index (κ2) is 4.51. The Hall–Kier alpha value is -1.32. The van der Waals surface area contributed by atoms with Gasteiger partial charge in [-0.25, -0.2) is 0 Å². The quantitative estimate of drug-likeness (QED) is 0.854. The molecule has 1 heterocycles. The zero-order chi connectivity index (χ0) is 11.7. The van der Waals surface area contributed by atoms with E-state index in [-0.39, 0.29) is 6.23 Å². The molecular formula is C14H12BrNO. The fraction of sp³-hybridized carbons (Fsp3) is 0.143. The van der Waals surface area contributed by atoms with Crippen molar-refractivity contribution < 1.29 is 4.74 Å². The van der Waals surface area contributed by atoms with Crippen LogP contribution in [0.25, 0.3) is 0 Å². The maximum atomic E-state index is 5.83. The first-order valence-corrected chi connectivity index (χ1v) is 6.34. The summed E-state index contributed by atoms with van der Waals surface area (Å²) >= 11 is 3.55. The lowest BCUT2D eigenvalue weighted by Gasteiger charge is -2.28. The molecule has 3 rings (SSSR count). The van der Waals surface area contributed by atoms with Gasteiger partial charge in [0.05, 0.1) is 6.61 Å². The molecule has 0 aromatic heterocycles. The van der Waals surface area contributed by atoms with E-state index in [1.165, 1.54) is 5.56 Å². The van der Waals surface area contributed by atoms with E-state index in [2.05, 4.69) is 39.4 Å². The molecule has 0 aliphatic carbocycles. The summed E-state index contributed by atoms with van der Waals surface area (Å²) in [5.74, 6) is 0. The molecule has 86 valence electrons. The van der Waals surface area contributed by atoms with Gasteiger partial charge in [0.25, 0.3) is 0 Å². The Balaban J connectivity index is 1.92. The molecule has 1 N–H and O–H groups in total. The van der Waals surface area contributed by atoms with Crippen LogP contribution in [0.5, 0.6) is 0 Å². The Labute approximate surface area is 109 Å². The fourth-order valence-corrected chi connectivity index (χ4v) is 2.49. The number of ether oxygens (including phenoxy) is 1. The molecule has 0 saturated heterocycles. The molecule has 0 radical (unpaired) electrons. The van der Waals surface area contributed by atoms with Crippen molar-refractivity contribution in [3.8, 4) is 0 Å². The molecule has 0 amide bonds. The summed E-state index contributed by atoms with van der Waals surface area (Å²) in [6, 6.07) is 16.4. The van der Waals surface area contributed by atoms with Gasteiger partial charge in [-0.2, -0.15) is 0 Å². The minimum Gasteiger partial charge on any atom is -0.356 e. The molecule has 1 aliphatic heterocycles. The number of hydrogen-bond acceptors (Lipinski definition) is 2. The molecular weight excluding hydrogens is 278 g/mol. The van der Waals surface area contributed by atoms with Crippen molar-refractivity contribution in [1.82, 2.24) is 0 Å². The molecule has 0 spiro atoms. The van der Waals surface area contributed by atoms with Gasteiger partial charge in [0.15, 0.2) is 6.23 Å². The highest BCUT2D eigenvalue weighted by atomic mass is 79.9. The van der Waals surface area contributed by atoms with E-state index in [4.69, 9.17) is 4.74 Å². The number of halogens is 1. The highest BCUT2D eigenvalue weighted by molar-refractivity contribution is 9.10. The molecule has 1 aliphatic rings. The van der Waals surface area contributed by atoms with E-state index >= 15 is 0 Å². The van der Waals surface area contributed by atoms with Crippen LogP contribution in [0.2, 0.25) is 0 Å². The number of rotatable bonds is 1. The van der Waals surface area contributed by atoms with Crippen LogP contribution in [0.15, 0.2) is 53.0 Å². The Kier molecular flexibility index (Phi) is 2.87. The molecule has 1 atom stereocenters. The zero-order valence-corrected chi connectivity index (χ0v) is 10.8. The van der Waals surface area contributed by atoms with Crippen molar-refractivity contribution in [1.29, 1.82) is 0 Å². The third kappa shape index (κ3) is 2.08. The molecule has 17 heavy (non-hydrogen) atoms. The van der Waals surface area contributed by atoms with E-state index in [0.717, 1.165) is 15.7 Å². The molecule has 0 saturated carbocycles. The number of anilines is 1. The summed E-state index contributed by atoms with van der Waals surface area (Å²) in [5, 5.41) is 3.40. The summed E-state index contributed by atoms with van der Waals surface area (Å²) in [6.45, 7) is 0.648. The van der Waals surface area contributed by atoms with Crippen molar-refractivity contribution >= 4 is 21.6 Å². The Morgan fingerprint density at radius 1 is 1.06 bits per heavy atom. The predicted molar refractivity (Wildman–Crippen MR) is 71.7 cm³/mol. The first-order chi connectivity index (χ1) is 8.34. The lowest BCUT2D eigenvalue weighted by Crippen LogP contribution is -2.20. The van der Waals surface area contributed by atoms with Gasteiger partial charge < -0.3 is 10.1 Å². The van der Waals surface area contributed by atoms with Crippen LogP contribution in [0.3, 0.4) is 0 Å². The topological polar surface area (TPSA) is 21.3 Å². The summed E-state index contributed by atoms with van der Waals surface area (Å²) in [5.41, 5.74) is 3.48. The van der Waals surface area contributed by atoms with Crippen LogP contribution in [-0.2, 0) is 11.3 Å². The van der Waals surface area contributed by atoms with E-state index in [1.54, 1.807) is 0 Å². The van der Waals surface area contributed by atoms with Crippen molar-refractivity contribution in [3.63, 3.8) is 0 Å². The second-order valence-electron chi connectivity index (χ2n) is 4.01. The fourth-order valence-electron chi connectivity index (χ4n) is 2.00. The van der Waals surface area contributed by atoms with Crippen LogP contribution < -0.4 is 5.32 Å². The summed E-state index contributed by atoms with van der Waals surface area (Å²) in [7, 11) is 0. The maximum Gasteiger partial charge on any atom is 0.155 e. The number of para-hydroxylation sites is 1. The highest BCUT2D eigenvalue weighted by Crippen LogP contribution is 2.33. The number of hydrogen-bond donors (Lipinski definition) is 1. The first-order valence-electron chi connectivity index (χ1n) is 5.55. The highest BCUT2D eigenvalue weighted by Gasteiger charge is 2.20. The maximum absolute atomic E-state index is 5.83. The molecule has 0 bridgehead atoms. The molecule has 2 aromatic carbocycles. The standard InChI is InChI=1S/C14H12BrNO/c15-12-7-3-2-6-11(12)14-16-13-8-4-1-5-10(13)9-17-14/h1-8,14,16H,9H2. The lowest BCUT2D eigenvalue weighted by atomic mass is 10.1. The van der Waals surface area contributed by atoms with Crippen molar-refractivity contribution in [2.75, 3.05) is 5.32 Å². The van der Waals surface area contributed by atoms with E-state index < -0.39 is 0 Å². The van der Waals surface area contributed by atoms with Gasteiger partial charge in [0, 0.05) is 21.3 Å². The second-order valence-corrected chi connectivity index (χ2v) is 4.87. The summed E-state index contributed by atoms with van der Waals surface area (Å²) < 4.78 is 6.90. The normalized spacial score (nSPS) is 18.3. The molecule has 3 heteroatoms. The van der Waals surface area contributed by atoms with Crippen LogP contribution in [0.4, 0.5) is 5.69 Å². The van der Waals surface area contributed by atoms with Gasteiger partial charge in [-0.05, 0) is 12.1 Å². The van der Waals surface area contributed by atoms with E-state index in [1.807, 2.05) is 30.3 Å². The van der Waals surface area contributed by atoms with E-state index in [0.29, 0.717) is 6.61 Å². The smallest absolute Gasteiger partial charge is 0.155 e. The monoisotopic (exact) mass is 289 g/mol. The Morgan fingerprint density at radius 3 is 2.71 bits per heavy atom. The third-order valence-electron chi connectivity index (χ3n) is 2.90. The zero-order valence-electron chi connectivity index (χ0n) is 9.19. The largest absolute Gasteiger partial charge is 0.356 e. The first kappa shape index (κ1) is 10.8. The van der Waals surface area contributed by atoms with Gasteiger partial charge in [-0.15, -0.1) is 0 Å². The van der Waals surface area contributed by atoms with Crippen LogP contribution in [0.1, 0.15) is 17.4 Å². The summed E-state index contributed by atoms with van der Waals surface area (Å²) in [6.07, 6.45) is -0.0829. The Morgan fingerprint density at radius 2 is 1.82 bits per heavy atom. The SMILES string of the molecule is Brc1ccccc1C1Nc2ccccc2CO1. The van der Waals surface area contributed by atoms with Crippen LogP contribution in [0, 0.1) is 0 Å². The number of benzene rings is 2. The van der Waals surface area contributed by atoms with E-state index in [9.17, 15) is 0 Å². The molecule has 0 fully saturated rings. The molecule has 2 aromatic rings. The predicted octanol–water partition coefficient (Wildman–Crippen LogP) is 4.09.